The summed E-state index contributed by atoms with van der Waals surface area (Å²) in [5.74, 6) is 0.378. The Balaban J connectivity index is 1.58. The minimum absolute atomic E-state index is 0.195. The van der Waals surface area contributed by atoms with Crippen LogP contribution in [0.3, 0.4) is 0 Å². The summed E-state index contributed by atoms with van der Waals surface area (Å²) in [5.41, 5.74) is 4.20. The molecule has 1 aliphatic rings. The highest BCUT2D eigenvalue weighted by Gasteiger charge is 2.46. The Kier molecular flexibility index (Phi) is 10.1. The highest BCUT2D eigenvalue weighted by Crippen LogP contribution is 2.33. The zero-order valence-corrected chi connectivity index (χ0v) is 21.6. The molecule has 3 aromatic carbocycles. The van der Waals surface area contributed by atoms with Gasteiger partial charge in [-0.2, -0.15) is 0 Å². The molecular formula is C31H35ClO4. The average molecular weight is 507 g/mol. The molecule has 0 radical (unpaired) electrons. The van der Waals surface area contributed by atoms with Gasteiger partial charge in [0.1, 0.15) is 18.3 Å². The van der Waals surface area contributed by atoms with Crippen LogP contribution in [-0.4, -0.2) is 36.4 Å². The molecule has 5 atom stereocenters. The molecule has 5 heteroatoms. The maximum absolute atomic E-state index is 6.59. The summed E-state index contributed by atoms with van der Waals surface area (Å²) in [6.45, 7) is 7.53. The van der Waals surface area contributed by atoms with E-state index in [1.165, 1.54) is 0 Å². The fourth-order valence-electron chi connectivity index (χ4n) is 4.52. The van der Waals surface area contributed by atoms with Gasteiger partial charge in [-0.3, -0.25) is 0 Å². The monoisotopic (exact) mass is 506 g/mol. The summed E-state index contributed by atoms with van der Waals surface area (Å²) in [4.78, 5) is 0. The predicted octanol–water partition coefficient (Wildman–Crippen LogP) is 6.72. The van der Waals surface area contributed by atoms with Gasteiger partial charge in [0.2, 0.25) is 0 Å². The number of rotatable bonds is 12. The van der Waals surface area contributed by atoms with Crippen LogP contribution in [0.5, 0.6) is 0 Å². The van der Waals surface area contributed by atoms with Gasteiger partial charge < -0.3 is 18.9 Å². The molecule has 0 aromatic heterocycles. The Hall–Kier alpha value is -2.47. The average Bonchev–Trinajstić information content (AvgIpc) is 2.92. The molecule has 1 saturated heterocycles. The largest absolute Gasteiger partial charge is 0.369 e. The summed E-state index contributed by atoms with van der Waals surface area (Å²) >= 11 is 6.10. The molecule has 4 nitrogen and oxygen atoms in total. The Labute approximate surface area is 219 Å². The molecular weight excluding hydrogens is 472 g/mol. The van der Waals surface area contributed by atoms with Crippen LogP contribution in [0.2, 0.25) is 0 Å². The van der Waals surface area contributed by atoms with E-state index in [4.69, 9.17) is 30.5 Å². The Bertz CT molecular complexity index is 1040. The van der Waals surface area contributed by atoms with Gasteiger partial charge in [-0.05, 0) is 30.0 Å². The van der Waals surface area contributed by atoms with Crippen molar-refractivity contribution in [1.29, 1.82) is 0 Å². The van der Waals surface area contributed by atoms with Crippen LogP contribution in [0.25, 0.3) is 0 Å². The molecule has 1 fully saturated rings. The summed E-state index contributed by atoms with van der Waals surface area (Å²) < 4.78 is 26.1. The molecule has 0 bridgehead atoms. The first-order valence-corrected chi connectivity index (χ1v) is 13.0. The molecule has 0 aliphatic carbocycles. The van der Waals surface area contributed by atoms with Crippen molar-refractivity contribution in [2.24, 2.45) is 0 Å². The topological polar surface area (TPSA) is 36.9 Å². The van der Waals surface area contributed by atoms with Gasteiger partial charge in [-0.25, -0.2) is 0 Å². The van der Waals surface area contributed by atoms with Crippen molar-refractivity contribution in [1.82, 2.24) is 0 Å². The predicted molar refractivity (Wildman–Crippen MR) is 144 cm³/mol. The van der Waals surface area contributed by atoms with Gasteiger partial charge >= 0.3 is 0 Å². The van der Waals surface area contributed by atoms with Gasteiger partial charge in [-0.15, -0.1) is 11.6 Å². The normalized spacial score (nSPS) is 23.9. The quantitative estimate of drug-likeness (QED) is 0.202. The lowest BCUT2D eigenvalue weighted by atomic mass is 9.91. The zero-order chi connectivity index (χ0) is 25.2. The van der Waals surface area contributed by atoms with Crippen LogP contribution in [0.1, 0.15) is 30.0 Å². The molecule has 0 amide bonds. The minimum atomic E-state index is -0.356. The van der Waals surface area contributed by atoms with Crippen molar-refractivity contribution in [2.45, 2.75) is 63.7 Å². The SMILES string of the molecule is C=C(CCl)C[C@@H]1O[C@@H](C)[C@@H](OCc2ccccc2)[C@@H](OCc2ccccc2)[C@@H]1OCc1ccccc1. The van der Waals surface area contributed by atoms with E-state index < -0.39 is 0 Å². The van der Waals surface area contributed by atoms with Crippen LogP contribution in [0.4, 0.5) is 0 Å². The third-order valence-electron chi connectivity index (χ3n) is 6.40. The van der Waals surface area contributed by atoms with E-state index in [1.54, 1.807) is 0 Å². The van der Waals surface area contributed by atoms with E-state index in [9.17, 15) is 0 Å². The number of halogens is 1. The van der Waals surface area contributed by atoms with E-state index in [2.05, 4.69) is 43.0 Å². The number of ether oxygens (including phenoxy) is 4. The Morgan fingerprint density at radius 2 is 1.11 bits per heavy atom. The number of hydrogen-bond donors (Lipinski definition) is 0. The Morgan fingerprint density at radius 1 is 0.694 bits per heavy atom. The van der Waals surface area contributed by atoms with E-state index in [-0.39, 0.29) is 30.5 Å². The fourth-order valence-corrected chi connectivity index (χ4v) is 4.63. The lowest BCUT2D eigenvalue weighted by molar-refractivity contribution is -0.260. The number of alkyl halides is 1. The highest BCUT2D eigenvalue weighted by atomic mass is 35.5. The van der Waals surface area contributed by atoms with Crippen LogP contribution in [0.15, 0.2) is 103 Å². The maximum atomic E-state index is 6.59. The molecule has 0 N–H and O–H groups in total. The van der Waals surface area contributed by atoms with Gasteiger partial charge in [0.25, 0.3) is 0 Å². The summed E-state index contributed by atoms with van der Waals surface area (Å²) in [5, 5.41) is 0. The first-order valence-electron chi connectivity index (χ1n) is 12.5. The van der Waals surface area contributed by atoms with Gasteiger partial charge in [0, 0.05) is 5.88 Å². The molecule has 0 spiro atoms. The first kappa shape index (κ1) is 26.6. The van der Waals surface area contributed by atoms with E-state index in [0.717, 1.165) is 22.3 Å². The van der Waals surface area contributed by atoms with Crippen LogP contribution in [-0.2, 0) is 38.8 Å². The van der Waals surface area contributed by atoms with Crippen LogP contribution < -0.4 is 0 Å². The van der Waals surface area contributed by atoms with Crippen molar-refractivity contribution in [2.75, 3.05) is 5.88 Å². The van der Waals surface area contributed by atoms with Crippen molar-refractivity contribution < 1.29 is 18.9 Å². The molecule has 190 valence electrons. The van der Waals surface area contributed by atoms with Crippen molar-refractivity contribution >= 4 is 11.6 Å². The molecule has 3 aromatic rings. The molecule has 1 aliphatic heterocycles. The van der Waals surface area contributed by atoms with Crippen molar-refractivity contribution in [3.05, 3.63) is 120 Å². The minimum Gasteiger partial charge on any atom is -0.369 e. The number of benzene rings is 3. The van der Waals surface area contributed by atoms with Gasteiger partial charge in [0.15, 0.2) is 0 Å². The summed E-state index contributed by atoms with van der Waals surface area (Å²) in [6, 6.07) is 30.5. The first-order chi connectivity index (χ1) is 17.6. The maximum Gasteiger partial charge on any atom is 0.115 e. The fraction of sp³-hybridized carbons (Fsp3) is 0.355. The van der Waals surface area contributed by atoms with E-state index >= 15 is 0 Å². The lowest BCUT2D eigenvalue weighted by Crippen LogP contribution is -2.59. The smallest absolute Gasteiger partial charge is 0.115 e. The summed E-state index contributed by atoms with van der Waals surface area (Å²) in [6.07, 6.45) is -0.841. The molecule has 4 rings (SSSR count). The number of hydrogen-bond acceptors (Lipinski definition) is 4. The molecule has 36 heavy (non-hydrogen) atoms. The highest BCUT2D eigenvalue weighted by molar-refractivity contribution is 6.19. The van der Waals surface area contributed by atoms with Crippen LogP contribution in [0, 0.1) is 0 Å². The second kappa shape index (κ2) is 13.7. The molecule has 0 saturated carbocycles. The van der Waals surface area contributed by atoms with Gasteiger partial charge in [0.05, 0.1) is 32.0 Å². The van der Waals surface area contributed by atoms with Crippen molar-refractivity contribution in [3.63, 3.8) is 0 Å². The van der Waals surface area contributed by atoms with Gasteiger partial charge in [-0.1, -0.05) is 103 Å². The third-order valence-corrected chi connectivity index (χ3v) is 6.78. The zero-order valence-electron chi connectivity index (χ0n) is 20.8. The lowest BCUT2D eigenvalue weighted by Gasteiger charge is -2.45. The Morgan fingerprint density at radius 3 is 1.56 bits per heavy atom. The second-order valence-electron chi connectivity index (χ2n) is 9.25. The second-order valence-corrected chi connectivity index (χ2v) is 9.52. The van der Waals surface area contributed by atoms with E-state index in [1.807, 2.05) is 61.5 Å². The van der Waals surface area contributed by atoms with E-state index in [0.29, 0.717) is 32.1 Å². The molecule has 1 heterocycles. The molecule has 0 unspecified atom stereocenters. The summed E-state index contributed by atoms with van der Waals surface area (Å²) in [7, 11) is 0. The van der Waals surface area contributed by atoms with Crippen molar-refractivity contribution in [3.8, 4) is 0 Å². The standard InChI is InChI=1S/C31H35ClO4/c1-23(19-32)18-28-30(34-21-26-14-8-4-9-15-26)31(35-22-27-16-10-5-11-17-27)29(24(2)36-28)33-20-25-12-6-3-7-13-25/h3-17,24,28-31H,1,18-22H2,2H3/t24-,28-,29+,30+,31+/m0/s1. The van der Waals surface area contributed by atoms with Crippen LogP contribution >= 0.6 is 11.6 Å². The third kappa shape index (κ3) is 7.52.